The van der Waals surface area contributed by atoms with Gasteiger partial charge in [0.1, 0.15) is 11.5 Å². The van der Waals surface area contributed by atoms with Crippen LogP contribution < -0.4 is 10.1 Å². The van der Waals surface area contributed by atoms with Crippen molar-refractivity contribution in [3.05, 3.63) is 65.2 Å². The Morgan fingerprint density at radius 2 is 1.71 bits per heavy atom. The van der Waals surface area contributed by atoms with E-state index in [0.717, 1.165) is 44.5 Å². The van der Waals surface area contributed by atoms with Crippen LogP contribution in [0.5, 0.6) is 11.5 Å². The van der Waals surface area contributed by atoms with Crippen molar-refractivity contribution in [2.75, 3.05) is 37.3 Å². The maximum atomic E-state index is 10.5. The summed E-state index contributed by atoms with van der Waals surface area (Å²) in [7, 11) is 1.64. The van der Waals surface area contributed by atoms with Crippen LogP contribution >= 0.6 is 47.2 Å². The molecule has 0 saturated heterocycles. The SMILES string of the molecule is COc1ccc2nc3cc(Cl)ccc3c(Nc3ccc(O)c(CN(CCCl)CCCl)c3)c2c1.Cl. The first-order chi connectivity index (χ1) is 16.0. The van der Waals surface area contributed by atoms with Crippen LogP contribution in [-0.4, -0.2) is 46.9 Å². The van der Waals surface area contributed by atoms with Gasteiger partial charge in [0.25, 0.3) is 0 Å². The summed E-state index contributed by atoms with van der Waals surface area (Å²) in [6, 6.07) is 16.9. The number of aromatic hydroxyl groups is 1. The number of benzene rings is 3. The fourth-order valence-corrected chi connectivity index (χ4v) is 4.49. The van der Waals surface area contributed by atoms with Gasteiger partial charge in [-0.05, 0) is 54.6 Å². The molecule has 0 bridgehead atoms. The lowest BCUT2D eigenvalue weighted by molar-refractivity contribution is 0.294. The molecule has 0 aliphatic carbocycles. The first-order valence-electron chi connectivity index (χ1n) is 10.5. The number of ether oxygens (including phenoxy) is 1. The molecule has 0 amide bonds. The summed E-state index contributed by atoms with van der Waals surface area (Å²) >= 11 is 18.1. The van der Waals surface area contributed by atoms with Gasteiger partial charge in [0.2, 0.25) is 0 Å². The molecule has 4 aromatic rings. The van der Waals surface area contributed by atoms with E-state index in [4.69, 9.17) is 44.5 Å². The second kappa shape index (κ2) is 12.0. The molecule has 0 aliphatic heterocycles. The molecule has 4 rings (SSSR count). The predicted molar refractivity (Wildman–Crippen MR) is 146 cm³/mol. The second-order valence-corrected chi connectivity index (χ2v) is 8.85. The second-order valence-electron chi connectivity index (χ2n) is 7.65. The number of pyridine rings is 1. The quantitative estimate of drug-likeness (QED) is 0.133. The van der Waals surface area contributed by atoms with Gasteiger partial charge in [-0.2, -0.15) is 0 Å². The Kier molecular flexibility index (Phi) is 9.34. The van der Waals surface area contributed by atoms with Crippen LogP contribution in [0, 0.1) is 0 Å². The number of aromatic nitrogens is 1. The monoisotopic (exact) mass is 539 g/mol. The Hall–Kier alpha value is -2.15. The van der Waals surface area contributed by atoms with Crippen LogP contribution in [-0.2, 0) is 6.54 Å². The molecule has 2 N–H and O–H groups in total. The molecule has 0 unspecified atom stereocenters. The molecule has 3 aromatic carbocycles. The average Bonchev–Trinajstić information content (AvgIpc) is 2.81. The minimum atomic E-state index is 0. The van der Waals surface area contributed by atoms with E-state index in [1.807, 2.05) is 48.5 Å². The third kappa shape index (κ3) is 5.91. The van der Waals surface area contributed by atoms with Gasteiger partial charge in [-0.3, -0.25) is 4.90 Å². The van der Waals surface area contributed by atoms with Crippen molar-refractivity contribution in [2.24, 2.45) is 0 Å². The van der Waals surface area contributed by atoms with E-state index in [0.29, 0.717) is 36.4 Å². The first kappa shape index (κ1) is 26.5. The van der Waals surface area contributed by atoms with Crippen molar-refractivity contribution < 1.29 is 9.84 Å². The average molecular weight is 541 g/mol. The van der Waals surface area contributed by atoms with E-state index in [-0.39, 0.29) is 18.2 Å². The van der Waals surface area contributed by atoms with Crippen LogP contribution in [0.3, 0.4) is 0 Å². The molecule has 0 radical (unpaired) electrons. The Balaban J connectivity index is 0.00000324. The van der Waals surface area contributed by atoms with Gasteiger partial charge < -0.3 is 15.2 Å². The molecular formula is C25H25Cl4N3O2. The van der Waals surface area contributed by atoms with Crippen molar-refractivity contribution in [1.82, 2.24) is 9.88 Å². The normalized spacial score (nSPS) is 11.1. The van der Waals surface area contributed by atoms with Crippen molar-refractivity contribution in [1.29, 1.82) is 0 Å². The number of nitrogens with one attached hydrogen (secondary N) is 1. The Morgan fingerprint density at radius 1 is 0.941 bits per heavy atom. The number of methoxy groups -OCH3 is 1. The Labute approximate surface area is 220 Å². The topological polar surface area (TPSA) is 57.6 Å². The minimum Gasteiger partial charge on any atom is -0.508 e. The summed E-state index contributed by atoms with van der Waals surface area (Å²) < 4.78 is 5.45. The van der Waals surface area contributed by atoms with Crippen LogP contribution in [0.2, 0.25) is 5.02 Å². The number of phenols is 1. The van der Waals surface area contributed by atoms with Gasteiger partial charge >= 0.3 is 0 Å². The van der Waals surface area contributed by atoms with Crippen LogP contribution in [0.1, 0.15) is 5.56 Å². The van der Waals surface area contributed by atoms with E-state index >= 15 is 0 Å². The minimum absolute atomic E-state index is 0. The van der Waals surface area contributed by atoms with E-state index < -0.39 is 0 Å². The number of anilines is 2. The molecule has 1 heterocycles. The number of halogens is 4. The number of hydrogen-bond acceptors (Lipinski definition) is 5. The molecular weight excluding hydrogens is 516 g/mol. The predicted octanol–water partition coefficient (Wildman–Crippen LogP) is 7.20. The summed E-state index contributed by atoms with van der Waals surface area (Å²) in [5.74, 6) is 1.96. The lowest BCUT2D eigenvalue weighted by Gasteiger charge is -2.21. The molecule has 0 saturated carbocycles. The summed E-state index contributed by atoms with van der Waals surface area (Å²) in [5, 5.41) is 16.5. The fourth-order valence-electron chi connectivity index (χ4n) is 3.84. The van der Waals surface area contributed by atoms with E-state index in [1.54, 1.807) is 13.2 Å². The van der Waals surface area contributed by atoms with Gasteiger partial charge in [-0.15, -0.1) is 35.6 Å². The number of hydrogen-bond donors (Lipinski definition) is 2. The van der Waals surface area contributed by atoms with Crippen LogP contribution in [0.15, 0.2) is 54.6 Å². The summed E-state index contributed by atoms with van der Waals surface area (Å²) in [6.45, 7) is 1.92. The largest absolute Gasteiger partial charge is 0.508 e. The molecule has 180 valence electrons. The van der Waals surface area contributed by atoms with Crippen LogP contribution in [0.4, 0.5) is 11.4 Å². The highest BCUT2D eigenvalue weighted by Crippen LogP contribution is 2.36. The maximum absolute atomic E-state index is 10.5. The van der Waals surface area contributed by atoms with Crippen molar-refractivity contribution in [3.8, 4) is 11.5 Å². The maximum Gasteiger partial charge on any atom is 0.120 e. The number of alkyl halides is 2. The van der Waals surface area contributed by atoms with Gasteiger partial charge in [0, 0.05) is 58.4 Å². The molecule has 0 spiro atoms. The fraction of sp³-hybridized carbons (Fsp3) is 0.240. The van der Waals surface area contributed by atoms with Gasteiger partial charge in [-0.25, -0.2) is 4.98 Å². The lowest BCUT2D eigenvalue weighted by Crippen LogP contribution is -2.27. The third-order valence-electron chi connectivity index (χ3n) is 5.49. The number of rotatable bonds is 9. The Morgan fingerprint density at radius 3 is 2.41 bits per heavy atom. The highest BCUT2D eigenvalue weighted by molar-refractivity contribution is 6.31. The molecule has 0 atom stereocenters. The number of phenolic OH excluding ortho intramolecular Hbond substituents is 1. The third-order valence-corrected chi connectivity index (χ3v) is 6.06. The molecule has 5 nitrogen and oxygen atoms in total. The highest BCUT2D eigenvalue weighted by atomic mass is 35.5. The van der Waals surface area contributed by atoms with Crippen molar-refractivity contribution >= 4 is 80.4 Å². The molecule has 34 heavy (non-hydrogen) atoms. The highest BCUT2D eigenvalue weighted by Gasteiger charge is 2.14. The standard InChI is InChI=1S/C25H24Cl3N3O2.ClH/c1-33-19-4-6-22-21(14-19)25(20-5-2-17(28)13-23(20)30-22)29-18-3-7-24(32)16(12-18)15-31(10-8-26)11-9-27;/h2-7,12-14,32H,8-11,15H2,1H3,(H,29,30);1H. The summed E-state index contributed by atoms with van der Waals surface area (Å²) in [6.07, 6.45) is 0. The number of fused-ring (bicyclic) bond motifs is 2. The molecule has 9 heteroatoms. The molecule has 0 fully saturated rings. The van der Waals surface area contributed by atoms with Gasteiger partial charge in [0.05, 0.1) is 23.8 Å². The number of nitrogens with zero attached hydrogens (tertiary/aromatic N) is 2. The zero-order chi connectivity index (χ0) is 23.4. The summed E-state index contributed by atoms with van der Waals surface area (Å²) in [5.41, 5.74) is 4.13. The van der Waals surface area contributed by atoms with E-state index in [2.05, 4.69) is 10.2 Å². The Bertz CT molecular complexity index is 1280. The molecule has 0 aliphatic rings. The van der Waals surface area contributed by atoms with Crippen molar-refractivity contribution in [2.45, 2.75) is 6.54 Å². The zero-order valence-corrected chi connectivity index (χ0v) is 21.6. The first-order valence-corrected chi connectivity index (χ1v) is 12.0. The lowest BCUT2D eigenvalue weighted by atomic mass is 10.1. The summed E-state index contributed by atoms with van der Waals surface area (Å²) in [4.78, 5) is 6.89. The van der Waals surface area contributed by atoms with E-state index in [9.17, 15) is 5.11 Å². The van der Waals surface area contributed by atoms with Gasteiger partial charge in [0.15, 0.2) is 0 Å². The van der Waals surface area contributed by atoms with Crippen LogP contribution in [0.25, 0.3) is 21.8 Å². The molecule has 1 aromatic heterocycles. The van der Waals surface area contributed by atoms with Gasteiger partial charge in [-0.1, -0.05) is 11.6 Å². The van der Waals surface area contributed by atoms with E-state index in [1.165, 1.54) is 0 Å². The smallest absolute Gasteiger partial charge is 0.120 e. The van der Waals surface area contributed by atoms with Crippen molar-refractivity contribution in [3.63, 3.8) is 0 Å². The zero-order valence-electron chi connectivity index (χ0n) is 18.5.